The number of halogens is 2. The second-order valence-corrected chi connectivity index (χ2v) is 6.32. The maximum Gasteiger partial charge on any atom is 0.387 e. The fourth-order valence-corrected chi connectivity index (χ4v) is 2.77. The lowest BCUT2D eigenvalue weighted by Gasteiger charge is -2.27. The van der Waals surface area contributed by atoms with Crippen LogP contribution >= 0.6 is 0 Å². The van der Waals surface area contributed by atoms with Crippen molar-refractivity contribution in [1.29, 1.82) is 0 Å². The van der Waals surface area contributed by atoms with Crippen LogP contribution in [0.5, 0.6) is 5.75 Å². The van der Waals surface area contributed by atoms with E-state index >= 15 is 0 Å². The monoisotopic (exact) mass is 375 g/mol. The van der Waals surface area contributed by atoms with Crippen LogP contribution < -0.4 is 20.7 Å². The van der Waals surface area contributed by atoms with Crippen molar-refractivity contribution in [3.8, 4) is 5.75 Å². The van der Waals surface area contributed by atoms with Crippen LogP contribution in [0.15, 0.2) is 36.4 Å². The summed E-state index contributed by atoms with van der Waals surface area (Å²) in [6, 6.07) is 8.66. The minimum absolute atomic E-state index is 0.00130. The number of ether oxygens (including phenoxy) is 1. The molecule has 142 valence electrons. The van der Waals surface area contributed by atoms with E-state index in [-0.39, 0.29) is 24.0 Å². The molecular formula is C19H19F2N3O3. The number of rotatable bonds is 5. The van der Waals surface area contributed by atoms with Gasteiger partial charge in [-0.25, -0.2) is 0 Å². The molecule has 2 amide bonds. The van der Waals surface area contributed by atoms with Crippen molar-refractivity contribution in [2.75, 3.05) is 16.0 Å². The smallest absolute Gasteiger partial charge is 0.387 e. The van der Waals surface area contributed by atoms with E-state index in [2.05, 4.69) is 20.7 Å². The molecule has 27 heavy (non-hydrogen) atoms. The van der Waals surface area contributed by atoms with E-state index in [0.717, 1.165) is 16.8 Å². The van der Waals surface area contributed by atoms with E-state index in [1.165, 1.54) is 24.3 Å². The van der Waals surface area contributed by atoms with E-state index in [9.17, 15) is 18.4 Å². The zero-order valence-electron chi connectivity index (χ0n) is 14.8. The number of nitrogens with one attached hydrogen (secondary N) is 3. The van der Waals surface area contributed by atoms with Crippen molar-refractivity contribution in [2.45, 2.75) is 32.9 Å². The molecule has 2 aromatic carbocycles. The van der Waals surface area contributed by atoms with Crippen molar-refractivity contribution in [1.82, 2.24) is 0 Å². The van der Waals surface area contributed by atoms with Crippen LogP contribution in [0.3, 0.4) is 0 Å². The van der Waals surface area contributed by atoms with Crippen molar-refractivity contribution in [3.63, 3.8) is 0 Å². The topological polar surface area (TPSA) is 79.5 Å². The largest absolute Gasteiger partial charge is 0.435 e. The van der Waals surface area contributed by atoms with Gasteiger partial charge < -0.3 is 20.7 Å². The van der Waals surface area contributed by atoms with Gasteiger partial charge in [-0.15, -0.1) is 0 Å². The van der Waals surface area contributed by atoms with Gasteiger partial charge in [0.1, 0.15) is 11.8 Å². The van der Waals surface area contributed by atoms with Crippen LogP contribution in [0.1, 0.15) is 17.5 Å². The number of aryl methyl sites for hydroxylation is 2. The molecule has 1 heterocycles. The van der Waals surface area contributed by atoms with Crippen molar-refractivity contribution >= 4 is 28.9 Å². The van der Waals surface area contributed by atoms with Gasteiger partial charge in [0.25, 0.3) is 0 Å². The molecule has 0 fully saturated rings. The highest BCUT2D eigenvalue weighted by Crippen LogP contribution is 2.30. The molecule has 6 nitrogen and oxygen atoms in total. The molecule has 0 unspecified atom stereocenters. The molecule has 0 aliphatic carbocycles. The van der Waals surface area contributed by atoms with Gasteiger partial charge in [-0.1, -0.05) is 0 Å². The van der Waals surface area contributed by atoms with Crippen molar-refractivity contribution < 1.29 is 23.1 Å². The first-order valence-corrected chi connectivity index (χ1v) is 8.35. The highest BCUT2D eigenvalue weighted by atomic mass is 19.3. The summed E-state index contributed by atoms with van der Waals surface area (Å²) in [4.78, 5) is 24.5. The number of benzene rings is 2. The fraction of sp³-hybridized carbons (Fsp3) is 0.263. The Balaban J connectivity index is 1.62. The summed E-state index contributed by atoms with van der Waals surface area (Å²) < 4.78 is 28.5. The number of carbonyl (C=O) groups is 2. The zero-order chi connectivity index (χ0) is 19.6. The van der Waals surface area contributed by atoms with Crippen LogP contribution in [0.25, 0.3) is 0 Å². The quantitative estimate of drug-likeness (QED) is 0.745. The van der Waals surface area contributed by atoms with Gasteiger partial charge in [0.2, 0.25) is 11.8 Å². The molecule has 1 aliphatic rings. The predicted molar refractivity (Wildman–Crippen MR) is 98.3 cm³/mol. The predicted octanol–water partition coefficient (Wildman–Crippen LogP) is 3.67. The summed E-state index contributed by atoms with van der Waals surface area (Å²) >= 11 is 0. The first-order valence-electron chi connectivity index (χ1n) is 8.35. The highest BCUT2D eigenvalue weighted by Gasteiger charge is 2.28. The average molecular weight is 375 g/mol. The van der Waals surface area contributed by atoms with Crippen LogP contribution in [0, 0.1) is 13.8 Å². The van der Waals surface area contributed by atoms with E-state index in [4.69, 9.17) is 0 Å². The summed E-state index contributed by atoms with van der Waals surface area (Å²) in [6.45, 7) is 1.02. The summed E-state index contributed by atoms with van der Waals surface area (Å²) in [6.07, 6.45) is -0.0759. The number of carbonyl (C=O) groups excluding carboxylic acids is 2. The normalized spacial score (nSPS) is 15.6. The Morgan fingerprint density at radius 1 is 1.15 bits per heavy atom. The first-order chi connectivity index (χ1) is 12.8. The van der Waals surface area contributed by atoms with Crippen LogP contribution in [0.2, 0.25) is 0 Å². The Morgan fingerprint density at radius 2 is 1.78 bits per heavy atom. The second kappa shape index (κ2) is 7.61. The van der Waals surface area contributed by atoms with Crippen LogP contribution in [0.4, 0.5) is 25.8 Å². The van der Waals surface area contributed by atoms with Crippen molar-refractivity contribution in [3.05, 3.63) is 47.5 Å². The Morgan fingerprint density at radius 3 is 2.41 bits per heavy atom. The number of amides is 2. The third-order valence-corrected chi connectivity index (χ3v) is 4.29. The lowest BCUT2D eigenvalue weighted by Crippen LogP contribution is -2.41. The lowest BCUT2D eigenvalue weighted by molar-refractivity contribution is -0.122. The Hall–Kier alpha value is -3.16. The van der Waals surface area contributed by atoms with Gasteiger partial charge in [0.05, 0.1) is 17.8 Å². The molecule has 0 saturated heterocycles. The standard InChI is InChI=1S/C19H19F2N3O3/c1-10-7-14-15(8-11(10)2)24-18(26)16(23-14)9-17(25)22-12-3-5-13(6-4-12)27-19(20)21/h3-8,16,19,23H,9H2,1-2H3,(H,22,25)(H,24,26)/t16-/m0/s1. The summed E-state index contributed by atoms with van der Waals surface area (Å²) in [5.74, 6) is -0.669. The molecule has 3 N–H and O–H groups in total. The number of hydrogen-bond donors (Lipinski definition) is 3. The molecule has 3 rings (SSSR count). The molecule has 0 spiro atoms. The fourth-order valence-electron chi connectivity index (χ4n) is 2.77. The summed E-state index contributed by atoms with van der Waals surface area (Å²) in [5, 5.41) is 8.52. The molecule has 0 radical (unpaired) electrons. The number of anilines is 3. The van der Waals surface area contributed by atoms with Gasteiger partial charge in [0, 0.05) is 5.69 Å². The number of hydrogen-bond acceptors (Lipinski definition) is 4. The van der Waals surface area contributed by atoms with Gasteiger partial charge in [-0.3, -0.25) is 9.59 Å². The molecule has 0 saturated carbocycles. The van der Waals surface area contributed by atoms with Gasteiger partial charge in [0.15, 0.2) is 0 Å². The van der Waals surface area contributed by atoms with Gasteiger partial charge in [-0.2, -0.15) is 8.78 Å². The number of fused-ring (bicyclic) bond motifs is 1. The van der Waals surface area contributed by atoms with E-state index < -0.39 is 12.7 Å². The van der Waals surface area contributed by atoms with E-state index in [1.54, 1.807) is 0 Å². The third-order valence-electron chi connectivity index (χ3n) is 4.29. The van der Waals surface area contributed by atoms with Crippen LogP contribution in [-0.2, 0) is 9.59 Å². The third kappa shape index (κ3) is 4.52. The maximum absolute atomic E-state index is 12.2. The number of alkyl halides is 2. The van der Waals surface area contributed by atoms with E-state index in [0.29, 0.717) is 11.4 Å². The summed E-state index contributed by atoms with van der Waals surface area (Å²) in [7, 11) is 0. The van der Waals surface area contributed by atoms with E-state index in [1.807, 2.05) is 26.0 Å². The molecule has 1 atom stereocenters. The molecule has 2 aromatic rings. The Kier molecular flexibility index (Phi) is 5.25. The van der Waals surface area contributed by atoms with Gasteiger partial charge in [-0.05, 0) is 61.4 Å². The Bertz CT molecular complexity index is 869. The molecule has 1 aliphatic heterocycles. The molecular weight excluding hydrogens is 356 g/mol. The van der Waals surface area contributed by atoms with Crippen LogP contribution in [-0.4, -0.2) is 24.5 Å². The second-order valence-electron chi connectivity index (χ2n) is 6.32. The Labute approximate surface area is 154 Å². The minimum atomic E-state index is -2.91. The molecule has 0 bridgehead atoms. The minimum Gasteiger partial charge on any atom is -0.435 e. The lowest BCUT2D eigenvalue weighted by atomic mass is 10.0. The summed E-state index contributed by atoms with van der Waals surface area (Å²) in [5.41, 5.74) is 4.01. The molecule has 0 aromatic heterocycles. The van der Waals surface area contributed by atoms with Crippen molar-refractivity contribution in [2.24, 2.45) is 0 Å². The zero-order valence-corrected chi connectivity index (χ0v) is 14.8. The highest BCUT2D eigenvalue weighted by molar-refractivity contribution is 6.06. The SMILES string of the molecule is Cc1cc2c(cc1C)N[C@@H](CC(=O)Nc1ccc(OC(F)F)cc1)C(=O)N2. The molecule has 8 heteroatoms. The first kappa shape index (κ1) is 18.6. The van der Waals surface area contributed by atoms with Gasteiger partial charge >= 0.3 is 6.61 Å². The average Bonchev–Trinajstić information content (AvgIpc) is 2.59. The maximum atomic E-state index is 12.2.